The summed E-state index contributed by atoms with van der Waals surface area (Å²) >= 11 is 0. The molecule has 0 spiro atoms. The van der Waals surface area contributed by atoms with Gasteiger partial charge in [0.05, 0.1) is 7.11 Å². The van der Waals surface area contributed by atoms with E-state index in [0.29, 0.717) is 5.58 Å². The number of furan rings is 1. The van der Waals surface area contributed by atoms with Crippen LogP contribution in [0.1, 0.15) is 23.0 Å². The predicted molar refractivity (Wildman–Crippen MR) is 69.9 cm³/mol. The molecular weight excluding hydrogens is 246 g/mol. The quantitative estimate of drug-likeness (QED) is 0.858. The Kier molecular flexibility index (Phi) is 3.55. The van der Waals surface area contributed by atoms with E-state index >= 15 is 0 Å². The van der Waals surface area contributed by atoms with Gasteiger partial charge in [-0.3, -0.25) is 4.79 Å². The third-order valence-electron chi connectivity index (χ3n) is 2.80. The lowest BCUT2D eigenvalue weighted by Crippen LogP contribution is -2.38. The molecular formula is C14H15NO4. The van der Waals surface area contributed by atoms with Crippen molar-refractivity contribution in [3.05, 3.63) is 35.6 Å². The van der Waals surface area contributed by atoms with Crippen molar-refractivity contribution >= 4 is 22.8 Å². The Hall–Kier alpha value is -2.30. The highest BCUT2D eigenvalue weighted by atomic mass is 16.5. The van der Waals surface area contributed by atoms with Crippen LogP contribution < -0.4 is 5.32 Å². The van der Waals surface area contributed by atoms with Crippen molar-refractivity contribution in [2.75, 3.05) is 7.11 Å². The molecule has 0 aliphatic carbocycles. The van der Waals surface area contributed by atoms with Gasteiger partial charge in [0.25, 0.3) is 5.91 Å². The lowest BCUT2D eigenvalue weighted by atomic mass is 10.2. The summed E-state index contributed by atoms with van der Waals surface area (Å²) in [5.74, 6) is -0.761. The van der Waals surface area contributed by atoms with E-state index in [1.165, 1.54) is 7.11 Å². The molecule has 1 amide bonds. The largest absolute Gasteiger partial charge is 0.467 e. The minimum Gasteiger partial charge on any atom is -0.467 e. The molecule has 1 N–H and O–H groups in total. The Morgan fingerprint density at radius 1 is 1.32 bits per heavy atom. The van der Waals surface area contributed by atoms with Crippen LogP contribution in [0.15, 0.2) is 28.7 Å². The Bertz CT molecular complexity index is 629. The average Bonchev–Trinajstić information content (AvgIpc) is 2.80. The van der Waals surface area contributed by atoms with Gasteiger partial charge in [0.1, 0.15) is 11.6 Å². The number of hydrogen-bond donors (Lipinski definition) is 1. The van der Waals surface area contributed by atoms with Crippen molar-refractivity contribution in [3.8, 4) is 0 Å². The number of amides is 1. The molecule has 0 saturated heterocycles. The van der Waals surface area contributed by atoms with Crippen molar-refractivity contribution in [1.82, 2.24) is 5.32 Å². The molecule has 5 heteroatoms. The van der Waals surface area contributed by atoms with E-state index in [9.17, 15) is 9.59 Å². The lowest BCUT2D eigenvalue weighted by molar-refractivity contribution is -0.142. The van der Waals surface area contributed by atoms with Crippen LogP contribution in [0.5, 0.6) is 0 Å². The van der Waals surface area contributed by atoms with Gasteiger partial charge < -0.3 is 14.5 Å². The minimum absolute atomic E-state index is 0.177. The molecule has 0 aliphatic heterocycles. The van der Waals surface area contributed by atoms with E-state index in [2.05, 4.69) is 10.1 Å². The summed E-state index contributed by atoms with van der Waals surface area (Å²) < 4.78 is 9.97. The third kappa shape index (κ3) is 2.76. The van der Waals surface area contributed by atoms with Crippen LogP contribution in [0.3, 0.4) is 0 Å². The highest BCUT2D eigenvalue weighted by Gasteiger charge is 2.19. The zero-order valence-corrected chi connectivity index (χ0v) is 11.0. The molecule has 0 bridgehead atoms. The molecule has 1 atom stereocenters. The SMILES string of the molecule is COC(=O)C(C)NC(=O)c1cc2cc(C)ccc2o1. The van der Waals surface area contributed by atoms with Crippen molar-refractivity contribution in [1.29, 1.82) is 0 Å². The first-order valence-corrected chi connectivity index (χ1v) is 5.90. The molecule has 0 saturated carbocycles. The number of carbonyl (C=O) groups is 2. The molecule has 5 nitrogen and oxygen atoms in total. The number of nitrogens with one attached hydrogen (secondary N) is 1. The van der Waals surface area contributed by atoms with Gasteiger partial charge in [0.15, 0.2) is 5.76 Å². The fourth-order valence-electron chi connectivity index (χ4n) is 1.78. The molecule has 2 rings (SSSR count). The Morgan fingerprint density at radius 3 is 2.74 bits per heavy atom. The van der Waals surface area contributed by atoms with Gasteiger partial charge in [0.2, 0.25) is 0 Å². The van der Waals surface area contributed by atoms with E-state index in [1.807, 2.05) is 25.1 Å². The van der Waals surface area contributed by atoms with Crippen LogP contribution in [0, 0.1) is 6.92 Å². The van der Waals surface area contributed by atoms with Gasteiger partial charge in [-0.1, -0.05) is 11.6 Å². The van der Waals surface area contributed by atoms with Gasteiger partial charge in [-0.2, -0.15) is 0 Å². The summed E-state index contributed by atoms with van der Waals surface area (Å²) in [6.07, 6.45) is 0. The van der Waals surface area contributed by atoms with E-state index in [-0.39, 0.29) is 5.76 Å². The summed E-state index contributed by atoms with van der Waals surface area (Å²) in [6.45, 7) is 3.52. The van der Waals surface area contributed by atoms with Crippen LogP contribution in [-0.2, 0) is 9.53 Å². The second-order valence-electron chi connectivity index (χ2n) is 4.37. The maximum Gasteiger partial charge on any atom is 0.328 e. The number of fused-ring (bicyclic) bond motifs is 1. The van der Waals surface area contributed by atoms with E-state index in [0.717, 1.165) is 10.9 Å². The molecule has 0 aliphatic rings. The maximum atomic E-state index is 11.9. The summed E-state index contributed by atoms with van der Waals surface area (Å²) in [5.41, 5.74) is 1.73. The van der Waals surface area contributed by atoms with Crippen LogP contribution in [0.2, 0.25) is 0 Å². The van der Waals surface area contributed by atoms with Crippen LogP contribution >= 0.6 is 0 Å². The third-order valence-corrected chi connectivity index (χ3v) is 2.80. The predicted octanol–water partition coefficient (Wildman–Crippen LogP) is 2.03. The summed E-state index contributed by atoms with van der Waals surface area (Å²) in [5, 5.41) is 3.37. The Balaban J connectivity index is 2.20. The first kappa shape index (κ1) is 13.1. The highest BCUT2D eigenvalue weighted by molar-refractivity contribution is 5.98. The molecule has 1 aromatic heterocycles. The summed E-state index contributed by atoms with van der Waals surface area (Å²) in [7, 11) is 1.27. The number of methoxy groups -OCH3 is 1. The summed E-state index contributed by atoms with van der Waals surface area (Å²) in [4.78, 5) is 23.1. The van der Waals surface area contributed by atoms with Crippen molar-refractivity contribution in [3.63, 3.8) is 0 Å². The number of carbonyl (C=O) groups excluding carboxylic acids is 2. The fourth-order valence-corrected chi connectivity index (χ4v) is 1.78. The first-order valence-electron chi connectivity index (χ1n) is 5.90. The lowest BCUT2D eigenvalue weighted by Gasteiger charge is -2.09. The van der Waals surface area contributed by atoms with E-state index in [4.69, 9.17) is 4.42 Å². The Labute approximate surface area is 110 Å². The fraction of sp³-hybridized carbons (Fsp3) is 0.286. The first-order chi connectivity index (χ1) is 9.01. The second-order valence-corrected chi connectivity index (χ2v) is 4.37. The molecule has 0 radical (unpaired) electrons. The smallest absolute Gasteiger partial charge is 0.328 e. The van der Waals surface area contributed by atoms with Gasteiger partial charge in [-0.05, 0) is 32.0 Å². The monoisotopic (exact) mass is 261 g/mol. The van der Waals surface area contributed by atoms with Crippen LogP contribution in [0.25, 0.3) is 11.0 Å². The molecule has 19 heavy (non-hydrogen) atoms. The van der Waals surface area contributed by atoms with Gasteiger partial charge in [-0.25, -0.2) is 4.79 Å². The second kappa shape index (κ2) is 5.14. The number of hydrogen-bond acceptors (Lipinski definition) is 4. The van der Waals surface area contributed by atoms with Gasteiger partial charge in [-0.15, -0.1) is 0 Å². The minimum atomic E-state index is -0.715. The molecule has 1 aromatic carbocycles. The molecule has 1 unspecified atom stereocenters. The number of aryl methyl sites for hydroxylation is 1. The van der Waals surface area contributed by atoms with Crippen LogP contribution in [0.4, 0.5) is 0 Å². The molecule has 2 aromatic rings. The number of benzene rings is 1. The molecule has 1 heterocycles. The van der Waals surface area contributed by atoms with E-state index in [1.54, 1.807) is 13.0 Å². The van der Waals surface area contributed by atoms with Crippen LogP contribution in [-0.4, -0.2) is 25.0 Å². The number of ether oxygens (including phenoxy) is 1. The van der Waals surface area contributed by atoms with Gasteiger partial charge >= 0.3 is 5.97 Å². The van der Waals surface area contributed by atoms with Crippen molar-refractivity contribution in [2.24, 2.45) is 0 Å². The highest BCUT2D eigenvalue weighted by Crippen LogP contribution is 2.20. The van der Waals surface area contributed by atoms with Gasteiger partial charge in [0, 0.05) is 5.39 Å². The molecule has 0 fully saturated rings. The van der Waals surface area contributed by atoms with Crippen molar-refractivity contribution in [2.45, 2.75) is 19.9 Å². The Morgan fingerprint density at radius 2 is 2.05 bits per heavy atom. The summed E-state index contributed by atoms with van der Waals surface area (Å²) in [6, 6.07) is 6.59. The standard InChI is InChI=1S/C14H15NO4/c1-8-4-5-11-10(6-8)7-12(19-11)13(16)15-9(2)14(17)18-3/h4-7,9H,1-3H3,(H,15,16). The van der Waals surface area contributed by atoms with Crippen molar-refractivity contribution < 1.29 is 18.7 Å². The zero-order valence-electron chi connectivity index (χ0n) is 11.0. The number of esters is 1. The molecule has 100 valence electrons. The average molecular weight is 261 g/mol. The topological polar surface area (TPSA) is 68.5 Å². The normalized spacial score (nSPS) is 12.2. The van der Waals surface area contributed by atoms with E-state index < -0.39 is 17.9 Å². The number of rotatable bonds is 3. The maximum absolute atomic E-state index is 11.9. The zero-order chi connectivity index (χ0) is 14.0.